The number of carbonyl (C=O) groups is 1. The fraction of sp³-hybridized carbons (Fsp3) is 0.188. The van der Waals surface area contributed by atoms with Crippen LogP contribution >= 0.6 is 31.9 Å². The van der Waals surface area contributed by atoms with Crippen LogP contribution in [0.5, 0.6) is 0 Å². The Labute approximate surface area is 135 Å². The number of carbonyl (C=O) groups excluding carboxylic acids is 1. The van der Waals surface area contributed by atoms with Gasteiger partial charge in [-0.25, -0.2) is 0 Å². The van der Waals surface area contributed by atoms with Crippen molar-refractivity contribution >= 4 is 43.5 Å². The average Bonchev–Trinajstić information content (AvgIpc) is 2.42. The van der Waals surface area contributed by atoms with Gasteiger partial charge in [-0.1, -0.05) is 46.3 Å². The Bertz CT molecular complexity index is 624. The Morgan fingerprint density at radius 3 is 2.30 bits per heavy atom. The molecule has 0 spiro atoms. The standard InChI is InChI=1S/C16H15Br2NO/c1-16(2,11-6-4-3-5-7-11)15(20)19-14-9-8-12(17)10-13(14)18/h3-10H,1-2H3,(H,19,20). The van der Waals surface area contributed by atoms with Crippen LogP contribution in [0.3, 0.4) is 0 Å². The van der Waals surface area contributed by atoms with Gasteiger partial charge in [0, 0.05) is 8.95 Å². The highest BCUT2D eigenvalue weighted by atomic mass is 79.9. The number of hydrogen-bond acceptors (Lipinski definition) is 1. The van der Waals surface area contributed by atoms with Gasteiger partial charge in [0.2, 0.25) is 5.91 Å². The molecule has 0 saturated heterocycles. The molecule has 0 radical (unpaired) electrons. The molecule has 0 saturated carbocycles. The van der Waals surface area contributed by atoms with Gasteiger partial charge in [0.25, 0.3) is 0 Å². The zero-order valence-corrected chi connectivity index (χ0v) is 14.5. The van der Waals surface area contributed by atoms with Crippen LogP contribution in [0.25, 0.3) is 0 Å². The summed E-state index contributed by atoms with van der Waals surface area (Å²) < 4.78 is 1.81. The van der Waals surface area contributed by atoms with E-state index in [0.717, 1.165) is 20.2 Å². The van der Waals surface area contributed by atoms with Crippen LogP contribution in [0.1, 0.15) is 19.4 Å². The molecule has 0 aliphatic carbocycles. The van der Waals surface area contributed by atoms with Crippen LogP contribution in [-0.4, -0.2) is 5.91 Å². The molecular weight excluding hydrogens is 382 g/mol. The topological polar surface area (TPSA) is 29.1 Å². The minimum absolute atomic E-state index is 0.0354. The van der Waals surface area contributed by atoms with Crippen molar-refractivity contribution in [1.29, 1.82) is 0 Å². The highest BCUT2D eigenvalue weighted by molar-refractivity contribution is 9.11. The van der Waals surface area contributed by atoms with Crippen molar-refractivity contribution in [2.45, 2.75) is 19.3 Å². The summed E-state index contributed by atoms with van der Waals surface area (Å²) in [6, 6.07) is 15.4. The van der Waals surface area contributed by atoms with Crippen molar-refractivity contribution in [3.63, 3.8) is 0 Å². The molecular formula is C16H15Br2NO. The van der Waals surface area contributed by atoms with E-state index in [1.807, 2.05) is 62.4 Å². The number of anilines is 1. The molecule has 4 heteroatoms. The van der Waals surface area contributed by atoms with Crippen molar-refractivity contribution in [2.24, 2.45) is 0 Å². The van der Waals surface area contributed by atoms with Gasteiger partial charge in [0.1, 0.15) is 0 Å². The van der Waals surface area contributed by atoms with Gasteiger partial charge in [0.15, 0.2) is 0 Å². The van der Waals surface area contributed by atoms with Crippen molar-refractivity contribution in [3.05, 3.63) is 63.0 Å². The first-order valence-corrected chi connectivity index (χ1v) is 7.82. The lowest BCUT2D eigenvalue weighted by molar-refractivity contribution is -0.120. The molecule has 104 valence electrons. The normalized spacial score (nSPS) is 11.2. The molecule has 1 amide bonds. The lowest BCUT2D eigenvalue weighted by Gasteiger charge is -2.24. The molecule has 0 fully saturated rings. The minimum atomic E-state index is -0.590. The predicted octanol–water partition coefficient (Wildman–Crippen LogP) is 5.13. The number of amides is 1. The lowest BCUT2D eigenvalue weighted by Crippen LogP contribution is -2.34. The summed E-state index contributed by atoms with van der Waals surface area (Å²) in [6.07, 6.45) is 0. The van der Waals surface area contributed by atoms with Crippen molar-refractivity contribution in [1.82, 2.24) is 0 Å². The van der Waals surface area contributed by atoms with Crippen LogP contribution in [0.4, 0.5) is 5.69 Å². The van der Waals surface area contributed by atoms with Gasteiger partial charge >= 0.3 is 0 Å². The zero-order valence-electron chi connectivity index (χ0n) is 11.3. The Morgan fingerprint density at radius 1 is 1.05 bits per heavy atom. The maximum Gasteiger partial charge on any atom is 0.234 e. The molecule has 0 atom stereocenters. The van der Waals surface area contributed by atoms with E-state index in [9.17, 15) is 4.79 Å². The monoisotopic (exact) mass is 395 g/mol. The summed E-state index contributed by atoms with van der Waals surface area (Å²) in [4.78, 5) is 12.5. The second kappa shape index (κ2) is 6.10. The Kier molecular flexibility index (Phi) is 4.66. The highest BCUT2D eigenvalue weighted by Crippen LogP contribution is 2.29. The number of hydrogen-bond donors (Lipinski definition) is 1. The molecule has 2 nitrogen and oxygen atoms in total. The van der Waals surface area contributed by atoms with Crippen LogP contribution in [0, 0.1) is 0 Å². The lowest BCUT2D eigenvalue weighted by atomic mass is 9.83. The molecule has 0 aliphatic heterocycles. The van der Waals surface area contributed by atoms with Crippen molar-refractivity contribution in [2.75, 3.05) is 5.32 Å². The maximum absolute atomic E-state index is 12.5. The quantitative estimate of drug-likeness (QED) is 0.765. The molecule has 2 aromatic rings. The van der Waals surface area contributed by atoms with Crippen LogP contribution in [-0.2, 0) is 10.2 Å². The predicted molar refractivity (Wildman–Crippen MR) is 89.9 cm³/mol. The number of halogens is 2. The van der Waals surface area contributed by atoms with Crippen molar-refractivity contribution in [3.8, 4) is 0 Å². The SMILES string of the molecule is CC(C)(C(=O)Nc1ccc(Br)cc1Br)c1ccccc1. The van der Waals surface area contributed by atoms with Crippen molar-refractivity contribution < 1.29 is 4.79 Å². The molecule has 1 N–H and O–H groups in total. The van der Waals surface area contributed by atoms with E-state index in [4.69, 9.17) is 0 Å². The summed E-state index contributed by atoms with van der Waals surface area (Å²) in [5.41, 5.74) is 1.17. The third-order valence-corrected chi connectivity index (χ3v) is 4.39. The maximum atomic E-state index is 12.5. The minimum Gasteiger partial charge on any atom is -0.324 e. The van der Waals surface area contributed by atoms with Gasteiger partial charge in [-0.3, -0.25) is 4.79 Å². The molecule has 0 aliphatic rings. The molecule has 0 unspecified atom stereocenters. The molecule has 2 rings (SSSR count). The largest absolute Gasteiger partial charge is 0.324 e. The summed E-state index contributed by atoms with van der Waals surface area (Å²) in [5.74, 6) is -0.0354. The third kappa shape index (κ3) is 3.30. The molecule has 20 heavy (non-hydrogen) atoms. The van der Waals surface area contributed by atoms with E-state index in [1.54, 1.807) is 0 Å². The van der Waals surface area contributed by atoms with E-state index < -0.39 is 5.41 Å². The molecule has 0 bridgehead atoms. The number of benzene rings is 2. The Morgan fingerprint density at radius 2 is 1.70 bits per heavy atom. The Balaban J connectivity index is 2.23. The van der Waals surface area contributed by atoms with Gasteiger partial charge in [-0.05, 0) is 53.5 Å². The first-order chi connectivity index (χ1) is 9.41. The van der Waals surface area contributed by atoms with E-state index in [-0.39, 0.29) is 5.91 Å². The van der Waals surface area contributed by atoms with Gasteiger partial charge in [-0.15, -0.1) is 0 Å². The summed E-state index contributed by atoms with van der Waals surface area (Å²) in [5, 5.41) is 2.97. The molecule has 2 aromatic carbocycles. The van der Waals surface area contributed by atoms with Crippen LogP contribution in [0.2, 0.25) is 0 Å². The Hall–Kier alpha value is -1.13. The fourth-order valence-corrected chi connectivity index (χ4v) is 3.00. The highest BCUT2D eigenvalue weighted by Gasteiger charge is 2.29. The van der Waals surface area contributed by atoms with Crippen LogP contribution in [0.15, 0.2) is 57.5 Å². The van der Waals surface area contributed by atoms with E-state index in [0.29, 0.717) is 0 Å². The van der Waals surface area contributed by atoms with E-state index in [2.05, 4.69) is 37.2 Å². The van der Waals surface area contributed by atoms with E-state index >= 15 is 0 Å². The van der Waals surface area contributed by atoms with Gasteiger partial charge in [-0.2, -0.15) is 0 Å². The zero-order chi connectivity index (χ0) is 14.8. The number of rotatable bonds is 3. The summed E-state index contributed by atoms with van der Waals surface area (Å²) in [7, 11) is 0. The first-order valence-electron chi connectivity index (χ1n) is 6.23. The third-order valence-electron chi connectivity index (χ3n) is 3.24. The summed E-state index contributed by atoms with van der Waals surface area (Å²) >= 11 is 6.85. The fourth-order valence-electron chi connectivity index (χ4n) is 1.86. The van der Waals surface area contributed by atoms with Gasteiger partial charge in [0.05, 0.1) is 11.1 Å². The second-order valence-corrected chi connectivity index (χ2v) is 6.84. The van der Waals surface area contributed by atoms with Crippen LogP contribution < -0.4 is 5.32 Å². The van der Waals surface area contributed by atoms with E-state index in [1.165, 1.54) is 0 Å². The molecule has 0 heterocycles. The average molecular weight is 397 g/mol. The smallest absolute Gasteiger partial charge is 0.234 e. The molecule has 0 aromatic heterocycles. The second-order valence-electron chi connectivity index (χ2n) is 5.07. The first kappa shape index (κ1) is 15.3. The number of nitrogens with one attached hydrogen (secondary N) is 1. The summed E-state index contributed by atoms with van der Waals surface area (Å²) in [6.45, 7) is 3.84. The van der Waals surface area contributed by atoms with Gasteiger partial charge < -0.3 is 5.32 Å².